The predicted octanol–water partition coefficient (Wildman–Crippen LogP) is 2.19. The van der Waals surface area contributed by atoms with Crippen LogP contribution in [0.3, 0.4) is 0 Å². The standard InChI is InChI=1S/C21H23FN2O3S/c1-15-6-8-17(9-7-15)24-20-14-28(26,27)13-19(20)23(12-21(24)25)11-10-16-4-2-3-5-18(16)22/h2-9,19-20H,10-14H2,1H3. The average molecular weight is 402 g/mol. The maximum Gasteiger partial charge on any atom is 0.241 e. The number of aryl methyl sites for hydroxylation is 1. The number of amides is 1. The van der Waals surface area contributed by atoms with Crippen molar-refractivity contribution in [1.29, 1.82) is 0 Å². The van der Waals surface area contributed by atoms with Gasteiger partial charge in [-0.15, -0.1) is 0 Å². The number of carbonyl (C=O) groups excluding carboxylic acids is 1. The molecule has 2 aromatic carbocycles. The third kappa shape index (κ3) is 3.69. The van der Waals surface area contributed by atoms with E-state index in [4.69, 9.17) is 0 Å². The first kappa shape index (κ1) is 19.1. The molecule has 148 valence electrons. The van der Waals surface area contributed by atoms with Crippen molar-refractivity contribution in [2.45, 2.75) is 25.4 Å². The van der Waals surface area contributed by atoms with Crippen molar-refractivity contribution < 1.29 is 17.6 Å². The Balaban J connectivity index is 1.59. The molecule has 2 heterocycles. The molecule has 2 saturated heterocycles. The minimum atomic E-state index is -3.24. The van der Waals surface area contributed by atoms with E-state index in [0.29, 0.717) is 18.5 Å². The first-order valence-electron chi connectivity index (χ1n) is 9.41. The van der Waals surface area contributed by atoms with Gasteiger partial charge < -0.3 is 4.90 Å². The van der Waals surface area contributed by atoms with Crippen molar-refractivity contribution in [3.63, 3.8) is 0 Å². The van der Waals surface area contributed by atoms with E-state index in [1.807, 2.05) is 36.1 Å². The molecule has 0 aliphatic carbocycles. The number of sulfone groups is 1. The number of hydrogen-bond donors (Lipinski definition) is 0. The Morgan fingerprint density at radius 2 is 1.71 bits per heavy atom. The van der Waals surface area contributed by atoms with Crippen LogP contribution in [0.4, 0.5) is 10.1 Å². The molecular formula is C21H23FN2O3S. The van der Waals surface area contributed by atoms with E-state index in [1.54, 1.807) is 23.1 Å². The van der Waals surface area contributed by atoms with E-state index in [9.17, 15) is 17.6 Å². The summed E-state index contributed by atoms with van der Waals surface area (Å²) in [6.07, 6.45) is 0.438. The number of rotatable bonds is 4. The quantitative estimate of drug-likeness (QED) is 0.787. The third-order valence-electron chi connectivity index (χ3n) is 5.64. The van der Waals surface area contributed by atoms with Crippen LogP contribution in [-0.2, 0) is 21.1 Å². The van der Waals surface area contributed by atoms with Crippen LogP contribution in [-0.4, -0.2) is 55.9 Å². The number of hydrogen-bond acceptors (Lipinski definition) is 4. The molecule has 2 fully saturated rings. The molecule has 0 saturated carbocycles. The summed E-state index contributed by atoms with van der Waals surface area (Å²) >= 11 is 0. The monoisotopic (exact) mass is 402 g/mol. The number of piperazine rings is 1. The number of benzene rings is 2. The van der Waals surface area contributed by atoms with Crippen molar-refractivity contribution in [2.75, 3.05) is 29.5 Å². The minimum absolute atomic E-state index is 0.0323. The molecular weight excluding hydrogens is 379 g/mol. The Morgan fingerprint density at radius 3 is 2.43 bits per heavy atom. The zero-order valence-electron chi connectivity index (χ0n) is 15.7. The molecule has 28 heavy (non-hydrogen) atoms. The highest BCUT2D eigenvalue weighted by Gasteiger charge is 2.49. The van der Waals surface area contributed by atoms with E-state index in [1.165, 1.54) is 6.07 Å². The summed E-state index contributed by atoms with van der Waals surface area (Å²) in [6, 6.07) is 13.5. The Kier molecular flexibility index (Phi) is 4.97. The van der Waals surface area contributed by atoms with Crippen molar-refractivity contribution in [2.24, 2.45) is 0 Å². The lowest BCUT2D eigenvalue weighted by molar-refractivity contribution is -0.123. The Bertz CT molecular complexity index is 991. The third-order valence-corrected chi connectivity index (χ3v) is 7.34. The molecule has 0 spiro atoms. The Morgan fingerprint density at radius 1 is 1.04 bits per heavy atom. The van der Waals surface area contributed by atoms with Gasteiger partial charge in [0.25, 0.3) is 0 Å². The average Bonchev–Trinajstić information content (AvgIpc) is 2.97. The summed E-state index contributed by atoms with van der Waals surface area (Å²) in [5.74, 6) is -0.392. The molecule has 0 aromatic heterocycles. The van der Waals surface area contributed by atoms with Gasteiger partial charge in [-0.2, -0.15) is 0 Å². The van der Waals surface area contributed by atoms with E-state index in [-0.39, 0.29) is 35.8 Å². The van der Waals surface area contributed by atoms with Gasteiger partial charge in [-0.05, 0) is 37.1 Å². The topological polar surface area (TPSA) is 57.7 Å². The van der Waals surface area contributed by atoms with Crippen LogP contribution < -0.4 is 4.90 Å². The molecule has 1 amide bonds. The normalized spacial score (nSPS) is 24.4. The number of carbonyl (C=O) groups is 1. The fourth-order valence-electron chi connectivity index (χ4n) is 4.21. The molecule has 0 N–H and O–H groups in total. The smallest absolute Gasteiger partial charge is 0.241 e. The molecule has 7 heteroatoms. The molecule has 2 atom stereocenters. The lowest BCUT2D eigenvalue weighted by atomic mass is 10.0. The van der Waals surface area contributed by atoms with E-state index < -0.39 is 15.9 Å². The van der Waals surface area contributed by atoms with Crippen LogP contribution in [0.25, 0.3) is 0 Å². The summed E-state index contributed by atoms with van der Waals surface area (Å²) < 4.78 is 38.7. The summed E-state index contributed by atoms with van der Waals surface area (Å²) in [6.45, 7) is 2.55. The van der Waals surface area contributed by atoms with Gasteiger partial charge in [0, 0.05) is 18.3 Å². The second-order valence-electron chi connectivity index (χ2n) is 7.62. The molecule has 4 rings (SSSR count). The largest absolute Gasteiger partial charge is 0.306 e. The van der Waals surface area contributed by atoms with Gasteiger partial charge in [0.15, 0.2) is 9.84 Å². The first-order chi connectivity index (χ1) is 13.3. The molecule has 2 aromatic rings. The van der Waals surface area contributed by atoms with Gasteiger partial charge in [-0.1, -0.05) is 35.9 Å². The Hall–Kier alpha value is -2.25. The van der Waals surface area contributed by atoms with Crippen LogP contribution in [0.2, 0.25) is 0 Å². The zero-order valence-corrected chi connectivity index (χ0v) is 16.5. The second-order valence-corrected chi connectivity index (χ2v) is 9.78. The molecule has 2 unspecified atom stereocenters. The van der Waals surface area contributed by atoms with Crippen LogP contribution in [0.5, 0.6) is 0 Å². The van der Waals surface area contributed by atoms with Gasteiger partial charge >= 0.3 is 0 Å². The van der Waals surface area contributed by atoms with Gasteiger partial charge in [-0.3, -0.25) is 9.69 Å². The summed E-state index contributed by atoms with van der Waals surface area (Å²) in [5, 5.41) is 0. The summed E-state index contributed by atoms with van der Waals surface area (Å²) in [5.41, 5.74) is 2.39. The fourth-order valence-corrected chi connectivity index (χ4v) is 6.19. The maximum atomic E-state index is 13.9. The van der Waals surface area contributed by atoms with Crippen molar-refractivity contribution in [3.05, 3.63) is 65.5 Å². The van der Waals surface area contributed by atoms with E-state index in [2.05, 4.69) is 0 Å². The lowest BCUT2D eigenvalue weighted by Gasteiger charge is -2.43. The van der Waals surface area contributed by atoms with Gasteiger partial charge in [0.05, 0.1) is 24.1 Å². The van der Waals surface area contributed by atoms with E-state index >= 15 is 0 Å². The van der Waals surface area contributed by atoms with E-state index in [0.717, 1.165) is 11.3 Å². The molecule has 2 aliphatic heterocycles. The summed E-state index contributed by atoms with van der Waals surface area (Å²) in [7, 11) is -3.24. The molecule has 0 radical (unpaired) electrons. The number of nitrogens with zero attached hydrogens (tertiary/aromatic N) is 2. The molecule has 5 nitrogen and oxygen atoms in total. The van der Waals surface area contributed by atoms with Crippen LogP contribution in [0.1, 0.15) is 11.1 Å². The van der Waals surface area contributed by atoms with Gasteiger partial charge in [0.2, 0.25) is 5.91 Å². The van der Waals surface area contributed by atoms with Crippen LogP contribution in [0.15, 0.2) is 48.5 Å². The molecule has 0 bridgehead atoms. The predicted molar refractivity (Wildman–Crippen MR) is 107 cm³/mol. The Labute approximate surface area is 164 Å². The minimum Gasteiger partial charge on any atom is -0.306 e. The number of halogens is 1. The van der Waals surface area contributed by atoms with Crippen LogP contribution >= 0.6 is 0 Å². The number of anilines is 1. The molecule has 2 aliphatic rings. The highest BCUT2D eigenvalue weighted by atomic mass is 32.2. The highest BCUT2D eigenvalue weighted by Crippen LogP contribution is 2.32. The van der Waals surface area contributed by atoms with Crippen molar-refractivity contribution in [3.8, 4) is 0 Å². The second kappa shape index (κ2) is 7.29. The lowest BCUT2D eigenvalue weighted by Crippen LogP contribution is -2.62. The summed E-state index contributed by atoms with van der Waals surface area (Å²) in [4.78, 5) is 16.5. The van der Waals surface area contributed by atoms with Crippen molar-refractivity contribution in [1.82, 2.24) is 4.90 Å². The highest BCUT2D eigenvalue weighted by molar-refractivity contribution is 7.91. The number of fused-ring (bicyclic) bond motifs is 1. The van der Waals surface area contributed by atoms with Gasteiger partial charge in [-0.25, -0.2) is 12.8 Å². The zero-order chi connectivity index (χ0) is 19.9. The fraction of sp³-hybridized carbons (Fsp3) is 0.381. The van der Waals surface area contributed by atoms with Crippen LogP contribution in [0, 0.1) is 12.7 Å². The SMILES string of the molecule is Cc1ccc(N2C(=O)CN(CCc3ccccc3F)C3CS(=O)(=O)CC32)cc1. The maximum absolute atomic E-state index is 13.9. The van der Waals surface area contributed by atoms with Gasteiger partial charge in [0.1, 0.15) is 5.82 Å². The first-order valence-corrected chi connectivity index (χ1v) is 11.2. The van der Waals surface area contributed by atoms with Crippen molar-refractivity contribution >= 4 is 21.4 Å².